The molecular formula is C10H17N3O. The molecule has 2 amide bonds. The minimum Gasteiger partial charge on any atom is -0.338 e. The molecule has 14 heavy (non-hydrogen) atoms. The Bertz CT molecular complexity index is 258. The Morgan fingerprint density at radius 1 is 1.57 bits per heavy atom. The van der Waals surface area contributed by atoms with Gasteiger partial charge in [0.2, 0.25) is 0 Å². The maximum Gasteiger partial charge on any atom is 0.318 e. The van der Waals surface area contributed by atoms with Gasteiger partial charge in [0, 0.05) is 24.4 Å². The second kappa shape index (κ2) is 5.42. The molecular weight excluding hydrogens is 178 g/mol. The van der Waals surface area contributed by atoms with E-state index in [0.717, 1.165) is 30.7 Å². The fourth-order valence-electron chi connectivity index (χ4n) is 1.28. The Labute approximate surface area is 84.3 Å². The van der Waals surface area contributed by atoms with Gasteiger partial charge in [0.25, 0.3) is 0 Å². The first-order chi connectivity index (χ1) is 6.72. The van der Waals surface area contributed by atoms with Gasteiger partial charge >= 0.3 is 6.03 Å². The summed E-state index contributed by atoms with van der Waals surface area (Å²) >= 11 is 0. The Hall–Kier alpha value is -1.32. The molecule has 4 heteroatoms. The van der Waals surface area contributed by atoms with Crippen molar-refractivity contribution in [3.63, 3.8) is 0 Å². The van der Waals surface area contributed by atoms with E-state index in [1.165, 1.54) is 0 Å². The zero-order valence-electron chi connectivity index (χ0n) is 8.52. The van der Waals surface area contributed by atoms with E-state index in [2.05, 4.69) is 10.6 Å². The number of amides is 2. The van der Waals surface area contributed by atoms with Crippen LogP contribution in [0, 0.1) is 5.41 Å². The molecule has 4 nitrogen and oxygen atoms in total. The van der Waals surface area contributed by atoms with Crippen molar-refractivity contribution < 1.29 is 4.79 Å². The van der Waals surface area contributed by atoms with E-state index in [0.29, 0.717) is 13.0 Å². The van der Waals surface area contributed by atoms with Crippen molar-refractivity contribution in [1.29, 1.82) is 5.41 Å². The molecule has 0 aliphatic heterocycles. The van der Waals surface area contributed by atoms with Gasteiger partial charge in [-0.3, -0.25) is 0 Å². The van der Waals surface area contributed by atoms with Crippen molar-refractivity contribution in [2.45, 2.75) is 32.6 Å². The van der Waals surface area contributed by atoms with Crippen LogP contribution in [0.25, 0.3) is 0 Å². The van der Waals surface area contributed by atoms with Crippen LogP contribution in [0.5, 0.6) is 0 Å². The molecule has 0 saturated carbocycles. The van der Waals surface area contributed by atoms with E-state index in [4.69, 9.17) is 5.41 Å². The lowest BCUT2D eigenvalue weighted by Crippen LogP contribution is -2.36. The number of carbonyl (C=O) groups is 1. The van der Waals surface area contributed by atoms with Gasteiger partial charge in [-0.15, -0.1) is 0 Å². The van der Waals surface area contributed by atoms with E-state index in [1.54, 1.807) is 0 Å². The van der Waals surface area contributed by atoms with Crippen LogP contribution in [0.2, 0.25) is 0 Å². The van der Waals surface area contributed by atoms with E-state index in [9.17, 15) is 4.79 Å². The molecule has 0 atom stereocenters. The van der Waals surface area contributed by atoms with Crippen LogP contribution in [0.1, 0.15) is 32.6 Å². The number of allylic oxidation sites excluding steroid dienone is 2. The summed E-state index contributed by atoms with van der Waals surface area (Å²) in [5, 5.41) is 12.9. The number of rotatable bonds is 3. The summed E-state index contributed by atoms with van der Waals surface area (Å²) < 4.78 is 0. The molecule has 78 valence electrons. The first-order valence-electron chi connectivity index (χ1n) is 5.02. The monoisotopic (exact) mass is 195 g/mol. The molecule has 0 heterocycles. The summed E-state index contributed by atoms with van der Waals surface area (Å²) in [5.41, 5.74) is 1.68. The number of urea groups is 1. The Kier molecular flexibility index (Phi) is 4.16. The zero-order chi connectivity index (χ0) is 10.4. The lowest BCUT2D eigenvalue weighted by atomic mass is 10.0. The fourth-order valence-corrected chi connectivity index (χ4v) is 1.28. The minimum absolute atomic E-state index is 0.133. The third kappa shape index (κ3) is 3.60. The van der Waals surface area contributed by atoms with Gasteiger partial charge in [0.15, 0.2) is 0 Å². The molecule has 0 saturated heterocycles. The molecule has 0 radical (unpaired) electrons. The summed E-state index contributed by atoms with van der Waals surface area (Å²) in [6, 6.07) is -0.133. The number of nitrogens with one attached hydrogen (secondary N) is 3. The SMILES string of the molecule is CCCNC(=O)NC1=CCC(=N)CC1. The summed E-state index contributed by atoms with van der Waals surface area (Å²) in [7, 11) is 0. The Morgan fingerprint density at radius 3 is 2.93 bits per heavy atom. The maximum atomic E-state index is 11.2. The van der Waals surface area contributed by atoms with Gasteiger partial charge in [0.05, 0.1) is 0 Å². The fraction of sp³-hybridized carbons (Fsp3) is 0.600. The highest BCUT2D eigenvalue weighted by Gasteiger charge is 2.09. The zero-order valence-corrected chi connectivity index (χ0v) is 8.52. The Balaban J connectivity index is 2.30. The van der Waals surface area contributed by atoms with Gasteiger partial charge in [-0.05, 0) is 19.3 Å². The molecule has 1 aliphatic rings. The third-order valence-electron chi connectivity index (χ3n) is 2.10. The van der Waals surface area contributed by atoms with E-state index in [-0.39, 0.29) is 6.03 Å². The van der Waals surface area contributed by atoms with Gasteiger partial charge in [-0.25, -0.2) is 4.79 Å². The molecule has 1 rings (SSSR count). The quantitative estimate of drug-likeness (QED) is 0.631. The molecule has 0 unspecified atom stereocenters. The topological polar surface area (TPSA) is 65.0 Å². The van der Waals surface area contributed by atoms with E-state index < -0.39 is 0 Å². The van der Waals surface area contributed by atoms with Crippen molar-refractivity contribution in [3.8, 4) is 0 Å². The maximum absolute atomic E-state index is 11.2. The molecule has 3 N–H and O–H groups in total. The molecule has 0 aromatic heterocycles. The van der Waals surface area contributed by atoms with Crippen LogP contribution >= 0.6 is 0 Å². The van der Waals surface area contributed by atoms with Crippen molar-refractivity contribution in [2.75, 3.05) is 6.54 Å². The highest BCUT2D eigenvalue weighted by atomic mass is 16.2. The van der Waals surface area contributed by atoms with Crippen LogP contribution in [0.4, 0.5) is 4.79 Å². The average molecular weight is 195 g/mol. The minimum atomic E-state index is -0.133. The van der Waals surface area contributed by atoms with E-state index in [1.807, 2.05) is 13.0 Å². The summed E-state index contributed by atoms with van der Waals surface area (Å²) in [4.78, 5) is 11.2. The van der Waals surface area contributed by atoms with Crippen LogP contribution in [-0.4, -0.2) is 18.3 Å². The lowest BCUT2D eigenvalue weighted by molar-refractivity contribution is 0.243. The average Bonchev–Trinajstić information content (AvgIpc) is 2.18. The highest BCUT2D eigenvalue weighted by molar-refractivity contribution is 5.85. The first-order valence-corrected chi connectivity index (χ1v) is 5.02. The van der Waals surface area contributed by atoms with Crippen molar-refractivity contribution >= 4 is 11.7 Å². The predicted molar refractivity (Wildman–Crippen MR) is 56.5 cm³/mol. The smallest absolute Gasteiger partial charge is 0.318 e. The lowest BCUT2D eigenvalue weighted by Gasteiger charge is -2.15. The van der Waals surface area contributed by atoms with Gasteiger partial charge in [0.1, 0.15) is 0 Å². The van der Waals surface area contributed by atoms with Crippen molar-refractivity contribution in [3.05, 3.63) is 11.8 Å². The molecule has 0 bridgehead atoms. The summed E-state index contributed by atoms with van der Waals surface area (Å²) in [5.74, 6) is 0. The van der Waals surface area contributed by atoms with E-state index >= 15 is 0 Å². The molecule has 1 aliphatic carbocycles. The highest BCUT2D eigenvalue weighted by Crippen LogP contribution is 2.11. The largest absolute Gasteiger partial charge is 0.338 e. The third-order valence-corrected chi connectivity index (χ3v) is 2.10. The second-order valence-electron chi connectivity index (χ2n) is 3.42. The first kappa shape index (κ1) is 10.8. The summed E-state index contributed by atoms with van der Waals surface area (Å²) in [6.07, 6.45) is 5.07. The van der Waals surface area contributed by atoms with Crippen LogP contribution in [0.15, 0.2) is 11.8 Å². The molecule has 0 aromatic carbocycles. The number of hydrogen-bond donors (Lipinski definition) is 3. The second-order valence-corrected chi connectivity index (χ2v) is 3.42. The van der Waals surface area contributed by atoms with Crippen molar-refractivity contribution in [2.24, 2.45) is 0 Å². The Morgan fingerprint density at radius 2 is 2.36 bits per heavy atom. The molecule has 0 aromatic rings. The standard InChI is InChI=1S/C10H17N3O/c1-2-7-12-10(14)13-9-5-3-8(11)4-6-9/h5,11H,2-4,6-7H2,1H3,(H2,12,13,14). The van der Waals surface area contributed by atoms with Gasteiger partial charge < -0.3 is 16.0 Å². The van der Waals surface area contributed by atoms with Crippen LogP contribution in [0.3, 0.4) is 0 Å². The van der Waals surface area contributed by atoms with Crippen LogP contribution < -0.4 is 10.6 Å². The molecule has 0 spiro atoms. The van der Waals surface area contributed by atoms with Gasteiger partial charge in [-0.1, -0.05) is 13.0 Å². The normalized spacial score (nSPS) is 16.1. The molecule has 0 fully saturated rings. The predicted octanol–water partition coefficient (Wildman–Crippen LogP) is 1.78. The number of carbonyl (C=O) groups excluding carboxylic acids is 1. The van der Waals surface area contributed by atoms with Crippen molar-refractivity contribution in [1.82, 2.24) is 10.6 Å². The van der Waals surface area contributed by atoms with Crippen LogP contribution in [-0.2, 0) is 0 Å². The summed E-state index contributed by atoms with van der Waals surface area (Å²) in [6.45, 7) is 2.72. The van der Waals surface area contributed by atoms with Gasteiger partial charge in [-0.2, -0.15) is 0 Å². The number of hydrogen-bond acceptors (Lipinski definition) is 2.